The average Bonchev–Trinajstić information content (AvgIpc) is 2.92. The number of nitrogens with zero attached hydrogens (tertiary/aromatic N) is 1. The maximum atomic E-state index is 10.3. The summed E-state index contributed by atoms with van der Waals surface area (Å²) in [6.45, 7) is 0. The van der Waals surface area contributed by atoms with Crippen molar-refractivity contribution >= 4 is 10.9 Å². The Labute approximate surface area is 94.3 Å². The smallest absolute Gasteiger partial charge is 0.125 e. The number of aliphatic hydroxyl groups is 1. The molecule has 0 spiro atoms. The third-order valence-corrected chi connectivity index (χ3v) is 3.44. The summed E-state index contributed by atoms with van der Waals surface area (Å²) in [6.07, 6.45) is 3.67. The zero-order chi connectivity index (χ0) is 11.3. The molecule has 3 rings (SSSR count). The quantitative estimate of drug-likeness (QED) is 0.836. The van der Waals surface area contributed by atoms with Crippen molar-refractivity contribution in [1.82, 2.24) is 4.57 Å². The fraction of sp³-hybridized carbons (Fsp3) is 0.385. The summed E-state index contributed by atoms with van der Waals surface area (Å²) in [5.41, 5.74) is 1.43. The van der Waals surface area contributed by atoms with Crippen LogP contribution in [-0.2, 0) is 12.6 Å². The van der Waals surface area contributed by atoms with Gasteiger partial charge < -0.3 is 14.4 Å². The van der Waals surface area contributed by atoms with E-state index in [0.717, 1.165) is 35.1 Å². The molecule has 0 saturated heterocycles. The van der Waals surface area contributed by atoms with Gasteiger partial charge in [-0.3, -0.25) is 0 Å². The second-order valence-corrected chi connectivity index (χ2v) is 4.53. The fourth-order valence-electron chi connectivity index (χ4n) is 2.35. The van der Waals surface area contributed by atoms with Gasteiger partial charge in [0.05, 0.1) is 12.7 Å². The molecule has 0 radical (unpaired) electrons. The number of benzene rings is 1. The van der Waals surface area contributed by atoms with Crippen molar-refractivity contribution in [2.45, 2.75) is 18.4 Å². The number of hydrogen-bond donors (Lipinski definition) is 1. The predicted molar refractivity (Wildman–Crippen MR) is 62.6 cm³/mol. The van der Waals surface area contributed by atoms with E-state index in [9.17, 15) is 5.11 Å². The SMILES string of the molecule is COc1ccc2c(ccn2C)c1C1(O)CC1. The van der Waals surface area contributed by atoms with Crippen LogP contribution in [-0.4, -0.2) is 16.8 Å². The van der Waals surface area contributed by atoms with E-state index in [0.29, 0.717) is 0 Å². The van der Waals surface area contributed by atoms with Crippen LogP contribution in [0.3, 0.4) is 0 Å². The molecule has 0 bridgehead atoms. The molecule has 1 aromatic carbocycles. The van der Waals surface area contributed by atoms with Crippen LogP contribution >= 0.6 is 0 Å². The molecule has 2 aromatic rings. The van der Waals surface area contributed by atoms with Crippen LogP contribution < -0.4 is 4.74 Å². The Balaban J connectivity index is 2.35. The highest BCUT2D eigenvalue weighted by Gasteiger charge is 2.45. The second kappa shape index (κ2) is 3.01. The summed E-state index contributed by atoms with van der Waals surface area (Å²) in [6, 6.07) is 6.01. The van der Waals surface area contributed by atoms with E-state index >= 15 is 0 Å². The minimum Gasteiger partial charge on any atom is -0.496 e. The highest BCUT2D eigenvalue weighted by Crippen LogP contribution is 2.51. The Morgan fingerprint density at radius 3 is 2.69 bits per heavy atom. The lowest BCUT2D eigenvalue weighted by Crippen LogP contribution is -2.07. The van der Waals surface area contributed by atoms with Gasteiger partial charge in [-0.15, -0.1) is 0 Å². The van der Waals surface area contributed by atoms with E-state index in [-0.39, 0.29) is 0 Å². The van der Waals surface area contributed by atoms with Crippen LogP contribution in [0.1, 0.15) is 18.4 Å². The Bertz CT molecular complexity index is 552. The van der Waals surface area contributed by atoms with Crippen molar-refractivity contribution in [3.63, 3.8) is 0 Å². The van der Waals surface area contributed by atoms with Gasteiger partial charge in [-0.2, -0.15) is 0 Å². The summed E-state index contributed by atoms with van der Waals surface area (Å²) in [4.78, 5) is 0. The zero-order valence-corrected chi connectivity index (χ0v) is 9.53. The molecule has 1 heterocycles. The number of methoxy groups -OCH3 is 1. The van der Waals surface area contributed by atoms with Crippen molar-refractivity contribution in [3.05, 3.63) is 30.0 Å². The third kappa shape index (κ3) is 1.18. The molecule has 1 N–H and O–H groups in total. The van der Waals surface area contributed by atoms with E-state index in [1.165, 1.54) is 0 Å². The molecule has 16 heavy (non-hydrogen) atoms. The molecule has 0 aliphatic heterocycles. The Morgan fingerprint density at radius 2 is 2.06 bits per heavy atom. The number of rotatable bonds is 2. The molecule has 0 amide bonds. The molecule has 3 heteroatoms. The monoisotopic (exact) mass is 217 g/mol. The van der Waals surface area contributed by atoms with Crippen LogP contribution in [0.4, 0.5) is 0 Å². The van der Waals surface area contributed by atoms with Gasteiger partial charge in [0.25, 0.3) is 0 Å². The first-order valence-electron chi connectivity index (χ1n) is 5.50. The number of hydrogen-bond acceptors (Lipinski definition) is 2. The lowest BCUT2D eigenvalue weighted by Gasteiger charge is -2.15. The average molecular weight is 217 g/mol. The highest BCUT2D eigenvalue weighted by atomic mass is 16.5. The van der Waals surface area contributed by atoms with Crippen molar-refractivity contribution in [1.29, 1.82) is 0 Å². The van der Waals surface area contributed by atoms with Crippen molar-refractivity contribution in [2.75, 3.05) is 7.11 Å². The van der Waals surface area contributed by atoms with Crippen LogP contribution in [0.5, 0.6) is 5.75 Å². The molecule has 84 valence electrons. The molecule has 1 aliphatic rings. The van der Waals surface area contributed by atoms with Gasteiger partial charge in [-0.1, -0.05) is 0 Å². The van der Waals surface area contributed by atoms with E-state index in [1.807, 2.05) is 31.4 Å². The maximum Gasteiger partial charge on any atom is 0.125 e. The van der Waals surface area contributed by atoms with Crippen LogP contribution in [0.25, 0.3) is 10.9 Å². The van der Waals surface area contributed by atoms with Crippen LogP contribution in [0.15, 0.2) is 24.4 Å². The van der Waals surface area contributed by atoms with E-state index in [1.54, 1.807) is 7.11 Å². The van der Waals surface area contributed by atoms with Gasteiger partial charge in [0.2, 0.25) is 0 Å². The molecule has 0 atom stereocenters. The number of fused-ring (bicyclic) bond motifs is 1. The summed E-state index contributed by atoms with van der Waals surface area (Å²) in [7, 11) is 3.66. The zero-order valence-electron chi connectivity index (χ0n) is 9.53. The summed E-state index contributed by atoms with van der Waals surface area (Å²) >= 11 is 0. The minimum absolute atomic E-state index is 0.661. The molecule has 1 fully saturated rings. The predicted octanol–water partition coefficient (Wildman–Crippen LogP) is 2.17. The molecule has 0 unspecified atom stereocenters. The van der Waals surface area contributed by atoms with Gasteiger partial charge in [-0.25, -0.2) is 0 Å². The van der Waals surface area contributed by atoms with E-state index in [4.69, 9.17) is 4.74 Å². The molecule has 3 nitrogen and oxygen atoms in total. The Kier molecular flexibility index (Phi) is 1.83. The standard InChI is InChI=1S/C13H15NO2/c1-14-8-5-9-10(14)3-4-11(16-2)12(9)13(15)6-7-13/h3-5,8,15H,6-7H2,1-2H3. The topological polar surface area (TPSA) is 34.4 Å². The molecular formula is C13H15NO2. The normalized spacial score (nSPS) is 17.7. The molecule has 1 saturated carbocycles. The van der Waals surface area contributed by atoms with Crippen molar-refractivity contribution < 1.29 is 9.84 Å². The molecule has 1 aliphatic carbocycles. The lowest BCUT2D eigenvalue weighted by molar-refractivity contribution is 0.149. The van der Waals surface area contributed by atoms with Crippen LogP contribution in [0.2, 0.25) is 0 Å². The summed E-state index contributed by atoms with van der Waals surface area (Å²) in [5.74, 6) is 0.790. The highest BCUT2D eigenvalue weighted by molar-refractivity contribution is 5.87. The lowest BCUT2D eigenvalue weighted by atomic mass is 10.0. The van der Waals surface area contributed by atoms with Gasteiger partial charge in [0.15, 0.2) is 0 Å². The van der Waals surface area contributed by atoms with E-state index in [2.05, 4.69) is 4.57 Å². The first-order chi connectivity index (χ1) is 7.65. The largest absolute Gasteiger partial charge is 0.496 e. The van der Waals surface area contributed by atoms with Gasteiger partial charge >= 0.3 is 0 Å². The van der Waals surface area contributed by atoms with Gasteiger partial charge in [0.1, 0.15) is 5.75 Å². The van der Waals surface area contributed by atoms with Crippen molar-refractivity contribution in [2.24, 2.45) is 7.05 Å². The summed E-state index contributed by atoms with van der Waals surface area (Å²) < 4.78 is 7.42. The van der Waals surface area contributed by atoms with E-state index < -0.39 is 5.60 Å². The summed E-state index contributed by atoms with van der Waals surface area (Å²) in [5, 5.41) is 11.4. The first-order valence-corrected chi connectivity index (χ1v) is 5.50. The number of aryl methyl sites for hydroxylation is 1. The maximum absolute atomic E-state index is 10.3. The molecule has 1 aromatic heterocycles. The first kappa shape index (κ1) is 9.73. The minimum atomic E-state index is -0.661. The van der Waals surface area contributed by atoms with Crippen molar-refractivity contribution in [3.8, 4) is 5.75 Å². The molecular weight excluding hydrogens is 202 g/mol. The Hall–Kier alpha value is -1.48. The second-order valence-electron chi connectivity index (χ2n) is 4.53. The number of aromatic nitrogens is 1. The van der Waals surface area contributed by atoms with Gasteiger partial charge in [0, 0.05) is 29.7 Å². The Morgan fingerprint density at radius 1 is 1.31 bits per heavy atom. The van der Waals surface area contributed by atoms with Crippen LogP contribution in [0, 0.1) is 0 Å². The third-order valence-electron chi connectivity index (χ3n) is 3.44. The number of ether oxygens (including phenoxy) is 1. The van der Waals surface area contributed by atoms with Gasteiger partial charge in [-0.05, 0) is 31.0 Å². The fourth-order valence-corrected chi connectivity index (χ4v) is 2.35.